The summed E-state index contributed by atoms with van der Waals surface area (Å²) in [4.78, 5) is 36.6. The van der Waals surface area contributed by atoms with Gasteiger partial charge in [0, 0.05) is 12.5 Å². The van der Waals surface area contributed by atoms with Gasteiger partial charge < -0.3 is 20.5 Å². The second-order valence-electron chi connectivity index (χ2n) is 9.44. The van der Waals surface area contributed by atoms with Crippen LogP contribution in [-0.2, 0) is 14.3 Å². The molecule has 1 unspecified atom stereocenters. The van der Waals surface area contributed by atoms with Gasteiger partial charge in [-0.3, -0.25) is 4.79 Å². The van der Waals surface area contributed by atoms with E-state index in [0.29, 0.717) is 0 Å². The molecule has 0 saturated heterocycles. The number of nitrogens with one attached hydrogen (secondary N) is 2. The first-order chi connectivity index (χ1) is 16.1. The predicted molar refractivity (Wildman–Crippen MR) is 130 cm³/mol. The lowest BCUT2D eigenvalue weighted by molar-refractivity contribution is -0.143. The van der Waals surface area contributed by atoms with Crippen LogP contribution < -0.4 is 10.6 Å². The summed E-state index contributed by atoms with van der Waals surface area (Å²) < 4.78 is 5.52. The van der Waals surface area contributed by atoms with E-state index in [9.17, 15) is 19.5 Å². The van der Waals surface area contributed by atoms with E-state index in [4.69, 9.17) is 4.74 Å². The Hall–Kier alpha value is -3.61. The molecule has 0 radical (unpaired) electrons. The fraction of sp³-hybridized carbons (Fsp3) is 0.370. The van der Waals surface area contributed by atoms with Gasteiger partial charge in [0.2, 0.25) is 5.91 Å². The number of rotatable bonds is 9. The molecular weight excluding hydrogens is 432 g/mol. The Morgan fingerprint density at radius 3 is 2.12 bits per heavy atom. The van der Waals surface area contributed by atoms with Crippen LogP contribution in [0.1, 0.15) is 51.2 Å². The van der Waals surface area contributed by atoms with E-state index >= 15 is 0 Å². The molecule has 7 nitrogen and oxygen atoms in total. The van der Waals surface area contributed by atoms with Gasteiger partial charge in [-0.05, 0) is 56.4 Å². The van der Waals surface area contributed by atoms with Crippen LogP contribution in [0.5, 0.6) is 0 Å². The summed E-state index contributed by atoms with van der Waals surface area (Å²) in [6.45, 7) is 7.20. The number of carboxylic acid groups (broad SMARTS) is 1. The maximum absolute atomic E-state index is 12.7. The summed E-state index contributed by atoms with van der Waals surface area (Å²) in [6, 6.07) is 15.1. The smallest absolute Gasteiger partial charge is 0.407 e. The van der Waals surface area contributed by atoms with E-state index in [-0.39, 0.29) is 25.5 Å². The minimum atomic E-state index is -1.11. The molecule has 0 saturated carbocycles. The van der Waals surface area contributed by atoms with E-state index < -0.39 is 29.4 Å². The SMILES string of the molecule is CC(C)=CCC(NC(=O)C(C)(C)CNC(=O)OCC1c2ccccc2-c2ccccc21)C(=O)O. The quantitative estimate of drug-likeness (QED) is 0.475. The summed E-state index contributed by atoms with van der Waals surface area (Å²) in [5.41, 5.74) is 4.47. The van der Waals surface area contributed by atoms with Crippen molar-refractivity contribution in [1.82, 2.24) is 10.6 Å². The normalized spacial score (nSPS) is 13.3. The van der Waals surface area contributed by atoms with Crippen LogP contribution in [0.15, 0.2) is 60.2 Å². The van der Waals surface area contributed by atoms with Gasteiger partial charge >= 0.3 is 12.1 Å². The number of fused-ring (bicyclic) bond motifs is 3. The molecule has 7 heteroatoms. The molecule has 1 atom stereocenters. The Morgan fingerprint density at radius 1 is 1.03 bits per heavy atom. The first-order valence-corrected chi connectivity index (χ1v) is 11.4. The minimum Gasteiger partial charge on any atom is -0.480 e. The molecule has 180 valence electrons. The number of hydrogen-bond donors (Lipinski definition) is 3. The Balaban J connectivity index is 1.56. The monoisotopic (exact) mass is 464 g/mol. The average molecular weight is 465 g/mol. The molecule has 2 aromatic carbocycles. The van der Waals surface area contributed by atoms with Gasteiger partial charge in [-0.25, -0.2) is 9.59 Å². The van der Waals surface area contributed by atoms with Gasteiger partial charge in [-0.2, -0.15) is 0 Å². The molecule has 34 heavy (non-hydrogen) atoms. The highest BCUT2D eigenvalue weighted by atomic mass is 16.5. The molecule has 0 heterocycles. The molecular formula is C27H32N2O5. The number of allylic oxidation sites excluding steroid dienone is 1. The van der Waals surface area contributed by atoms with Crippen molar-refractivity contribution in [2.45, 2.75) is 46.1 Å². The first-order valence-electron chi connectivity index (χ1n) is 11.4. The first kappa shape index (κ1) is 25.0. The number of carbonyl (C=O) groups excluding carboxylic acids is 2. The van der Waals surface area contributed by atoms with E-state index in [1.807, 2.05) is 50.2 Å². The van der Waals surface area contributed by atoms with Crippen LogP contribution in [0.3, 0.4) is 0 Å². The molecule has 0 aliphatic heterocycles. The van der Waals surface area contributed by atoms with Crippen molar-refractivity contribution in [3.8, 4) is 11.1 Å². The molecule has 2 aromatic rings. The molecule has 1 aliphatic carbocycles. The van der Waals surface area contributed by atoms with Crippen LogP contribution in [0, 0.1) is 5.41 Å². The molecule has 0 bridgehead atoms. The number of aliphatic carboxylic acids is 1. The summed E-state index contributed by atoms with van der Waals surface area (Å²) in [6.07, 6.45) is 1.34. The maximum atomic E-state index is 12.7. The van der Waals surface area contributed by atoms with Crippen molar-refractivity contribution in [2.24, 2.45) is 5.41 Å². The third-order valence-corrected chi connectivity index (χ3v) is 6.00. The van der Waals surface area contributed by atoms with Crippen molar-refractivity contribution in [2.75, 3.05) is 13.2 Å². The van der Waals surface area contributed by atoms with Crippen LogP contribution in [0.25, 0.3) is 11.1 Å². The molecule has 2 amide bonds. The summed E-state index contributed by atoms with van der Waals surface area (Å²) in [5.74, 6) is -1.62. The fourth-order valence-corrected chi connectivity index (χ4v) is 3.95. The summed E-state index contributed by atoms with van der Waals surface area (Å²) in [5, 5.41) is 14.6. The van der Waals surface area contributed by atoms with Crippen molar-refractivity contribution in [3.05, 3.63) is 71.3 Å². The zero-order chi connectivity index (χ0) is 24.9. The Labute approximate surface area is 200 Å². The van der Waals surface area contributed by atoms with Crippen LogP contribution in [0.4, 0.5) is 4.79 Å². The lowest BCUT2D eigenvalue weighted by atomic mass is 9.91. The molecule has 0 fully saturated rings. The second-order valence-corrected chi connectivity index (χ2v) is 9.44. The zero-order valence-electron chi connectivity index (χ0n) is 20.1. The topological polar surface area (TPSA) is 105 Å². The lowest BCUT2D eigenvalue weighted by Gasteiger charge is -2.26. The number of alkyl carbamates (subject to hydrolysis) is 1. The number of carboxylic acids is 1. The van der Waals surface area contributed by atoms with Crippen molar-refractivity contribution in [3.63, 3.8) is 0 Å². The largest absolute Gasteiger partial charge is 0.480 e. The lowest BCUT2D eigenvalue weighted by Crippen LogP contribution is -2.50. The van der Waals surface area contributed by atoms with Gasteiger partial charge in [0.1, 0.15) is 12.6 Å². The Kier molecular flexibility index (Phi) is 7.76. The highest BCUT2D eigenvalue weighted by molar-refractivity contribution is 5.87. The third-order valence-electron chi connectivity index (χ3n) is 6.00. The third kappa shape index (κ3) is 5.84. The number of amides is 2. The molecule has 3 rings (SSSR count). The minimum absolute atomic E-state index is 0.00446. The van der Waals surface area contributed by atoms with Gasteiger partial charge in [0.15, 0.2) is 0 Å². The number of carbonyl (C=O) groups is 3. The second kappa shape index (κ2) is 10.5. The number of ether oxygens (including phenoxy) is 1. The Morgan fingerprint density at radius 2 is 1.59 bits per heavy atom. The maximum Gasteiger partial charge on any atom is 0.407 e. The highest BCUT2D eigenvalue weighted by Gasteiger charge is 2.32. The van der Waals surface area contributed by atoms with Crippen molar-refractivity contribution < 1.29 is 24.2 Å². The zero-order valence-corrected chi connectivity index (χ0v) is 20.1. The summed E-state index contributed by atoms with van der Waals surface area (Å²) in [7, 11) is 0. The van der Waals surface area contributed by atoms with E-state index in [2.05, 4.69) is 22.8 Å². The molecule has 0 aromatic heterocycles. The molecule has 1 aliphatic rings. The average Bonchev–Trinajstić information content (AvgIpc) is 3.12. The number of benzene rings is 2. The Bertz CT molecular complexity index is 1060. The van der Waals surface area contributed by atoms with Gasteiger partial charge in [-0.1, -0.05) is 60.2 Å². The standard InChI is InChI=1S/C27H32N2O5/c1-17(2)13-14-23(24(30)31)29-25(32)27(3,4)16-28-26(33)34-15-22-20-11-7-5-9-18(20)19-10-6-8-12-21(19)22/h5-13,22-23H,14-16H2,1-4H3,(H,28,33)(H,29,32)(H,30,31). The van der Waals surface area contributed by atoms with Gasteiger partial charge in [0.25, 0.3) is 0 Å². The number of hydrogen-bond acceptors (Lipinski definition) is 4. The van der Waals surface area contributed by atoms with Crippen molar-refractivity contribution in [1.29, 1.82) is 0 Å². The predicted octanol–water partition coefficient (Wildman–Crippen LogP) is 4.48. The van der Waals surface area contributed by atoms with E-state index in [1.165, 1.54) is 0 Å². The molecule has 3 N–H and O–H groups in total. The van der Waals surface area contributed by atoms with E-state index in [1.54, 1.807) is 19.9 Å². The van der Waals surface area contributed by atoms with Gasteiger partial charge in [-0.15, -0.1) is 0 Å². The highest BCUT2D eigenvalue weighted by Crippen LogP contribution is 2.44. The molecule has 0 spiro atoms. The van der Waals surface area contributed by atoms with Crippen molar-refractivity contribution >= 4 is 18.0 Å². The fourth-order valence-electron chi connectivity index (χ4n) is 3.95. The van der Waals surface area contributed by atoms with E-state index in [0.717, 1.165) is 27.8 Å². The van der Waals surface area contributed by atoms with Crippen LogP contribution in [0.2, 0.25) is 0 Å². The summed E-state index contributed by atoms with van der Waals surface area (Å²) >= 11 is 0. The van der Waals surface area contributed by atoms with Crippen LogP contribution >= 0.6 is 0 Å². The van der Waals surface area contributed by atoms with Gasteiger partial charge in [0.05, 0.1) is 5.41 Å². The van der Waals surface area contributed by atoms with Crippen LogP contribution in [-0.4, -0.2) is 42.3 Å².